The summed E-state index contributed by atoms with van der Waals surface area (Å²) in [4.78, 5) is 14.8. The highest BCUT2D eigenvalue weighted by atomic mass is 32.2. The molecule has 1 amide bonds. The number of ether oxygens (including phenoxy) is 1. The van der Waals surface area contributed by atoms with Gasteiger partial charge in [0, 0.05) is 24.6 Å². The van der Waals surface area contributed by atoms with Gasteiger partial charge < -0.3 is 9.64 Å². The second kappa shape index (κ2) is 8.32. The molecule has 7 heteroatoms. The number of hydrogen-bond donors (Lipinski definition) is 1. The molecule has 3 rings (SSSR count). The van der Waals surface area contributed by atoms with Crippen molar-refractivity contribution in [2.75, 3.05) is 19.7 Å². The van der Waals surface area contributed by atoms with Gasteiger partial charge in [-0.25, -0.2) is 13.6 Å². The van der Waals surface area contributed by atoms with E-state index >= 15 is 0 Å². The summed E-state index contributed by atoms with van der Waals surface area (Å²) in [5.74, 6) is 0.935. The quantitative estimate of drug-likeness (QED) is 0.833. The Morgan fingerprint density at radius 2 is 1.93 bits per heavy atom. The molecular formula is C21H26N2O4S. The van der Waals surface area contributed by atoms with Crippen LogP contribution < -0.4 is 9.88 Å². The molecule has 0 saturated carbocycles. The summed E-state index contributed by atoms with van der Waals surface area (Å²) in [6.45, 7) is 5.59. The van der Waals surface area contributed by atoms with Gasteiger partial charge in [0.1, 0.15) is 5.75 Å². The van der Waals surface area contributed by atoms with Crippen LogP contribution >= 0.6 is 0 Å². The normalized spacial score (nSPS) is 17.4. The molecule has 6 nitrogen and oxygen atoms in total. The Kier molecular flexibility index (Phi) is 6.05. The van der Waals surface area contributed by atoms with Gasteiger partial charge in [-0.1, -0.05) is 24.3 Å². The number of primary sulfonamides is 1. The minimum absolute atomic E-state index is 0.0436. The Labute approximate surface area is 166 Å². The van der Waals surface area contributed by atoms with Gasteiger partial charge >= 0.3 is 0 Å². The van der Waals surface area contributed by atoms with E-state index in [0.717, 1.165) is 29.7 Å². The number of piperidine rings is 1. The third-order valence-corrected chi connectivity index (χ3v) is 6.05. The maximum absolute atomic E-state index is 13.0. The van der Waals surface area contributed by atoms with Crippen LogP contribution in [0.25, 0.3) is 0 Å². The summed E-state index contributed by atoms with van der Waals surface area (Å²) in [5, 5.41) is 5.21. The fourth-order valence-electron chi connectivity index (χ4n) is 3.49. The zero-order valence-corrected chi connectivity index (χ0v) is 17.0. The first-order chi connectivity index (χ1) is 13.3. The molecule has 0 aliphatic carbocycles. The van der Waals surface area contributed by atoms with Gasteiger partial charge in [0.05, 0.1) is 11.5 Å². The maximum atomic E-state index is 13.0. The number of para-hydroxylation sites is 1. The molecular weight excluding hydrogens is 376 g/mol. The van der Waals surface area contributed by atoms with Crippen molar-refractivity contribution in [1.29, 1.82) is 0 Å². The van der Waals surface area contributed by atoms with Crippen LogP contribution in [0.4, 0.5) is 0 Å². The van der Waals surface area contributed by atoms with E-state index < -0.39 is 10.0 Å². The average Bonchev–Trinajstić information content (AvgIpc) is 2.66. The lowest BCUT2D eigenvalue weighted by atomic mass is 9.97. The number of carbonyl (C=O) groups excluding carboxylic acids is 1. The molecule has 1 fully saturated rings. The lowest BCUT2D eigenvalue weighted by Crippen LogP contribution is -2.41. The number of hydrogen-bond acceptors (Lipinski definition) is 4. The molecule has 1 unspecified atom stereocenters. The minimum Gasteiger partial charge on any atom is -0.493 e. The predicted molar refractivity (Wildman–Crippen MR) is 108 cm³/mol. The van der Waals surface area contributed by atoms with Crippen LogP contribution in [0.5, 0.6) is 5.75 Å². The largest absolute Gasteiger partial charge is 0.493 e. The van der Waals surface area contributed by atoms with E-state index in [1.165, 1.54) is 12.1 Å². The predicted octanol–water partition coefficient (Wildman–Crippen LogP) is 2.88. The average molecular weight is 403 g/mol. The van der Waals surface area contributed by atoms with E-state index in [0.29, 0.717) is 25.3 Å². The third kappa shape index (κ3) is 4.72. The molecule has 28 heavy (non-hydrogen) atoms. The van der Waals surface area contributed by atoms with Crippen molar-refractivity contribution < 1.29 is 17.9 Å². The van der Waals surface area contributed by atoms with Crippen molar-refractivity contribution in [3.8, 4) is 5.75 Å². The Bertz CT molecular complexity index is 972. The number of amides is 1. The molecule has 0 bridgehead atoms. The first kappa shape index (κ1) is 20.4. The van der Waals surface area contributed by atoms with E-state index in [1.54, 1.807) is 17.9 Å². The van der Waals surface area contributed by atoms with Crippen LogP contribution in [0.15, 0.2) is 47.4 Å². The Hall–Kier alpha value is -2.38. The van der Waals surface area contributed by atoms with E-state index in [1.807, 2.05) is 31.2 Å². The van der Waals surface area contributed by atoms with Crippen molar-refractivity contribution in [3.05, 3.63) is 59.2 Å². The number of benzene rings is 2. The number of aryl methyl sites for hydroxylation is 2. The van der Waals surface area contributed by atoms with E-state index in [4.69, 9.17) is 9.88 Å². The number of nitrogens with zero attached hydrogens (tertiary/aromatic N) is 1. The fourth-order valence-corrected chi connectivity index (χ4v) is 4.03. The molecule has 0 aromatic heterocycles. The SMILES string of the molecule is Cc1ccccc1OCC1CCCN(C(=O)c2cc(S(N)(=O)=O)ccc2C)C1. The Morgan fingerprint density at radius 3 is 2.64 bits per heavy atom. The number of sulfonamides is 1. The van der Waals surface area contributed by atoms with Crippen LogP contribution in [-0.2, 0) is 10.0 Å². The standard InChI is InChI=1S/C21H26N2O4S/c1-15-9-10-18(28(22,25)26)12-19(15)21(24)23-11-5-7-17(13-23)14-27-20-8-4-3-6-16(20)2/h3-4,6,8-10,12,17H,5,7,11,13-14H2,1-2H3,(H2,22,25,26). The van der Waals surface area contributed by atoms with Gasteiger partial charge in [0.15, 0.2) is 0 Å². The molecule has 2 N–H and O–H groups in total. The van der Waals surface area contributed by atoms with Gasteiger partial charge in [-0.3, -0.25) is 4.79 Å². The van der Waals surface area contributed by atoms with E-state index in [-0.39, 0.29) is 16.7 Å². The van der Waals surface area contributed by atoms with Gasteiger partial charge in [-0.15, -0.1) is 0 Å². The summed E-state index contributed by atoms with van der Waals surface area (Å²) in [6, 6.07) is 12.3. The first-order valence-electron chi connectivity index (χ1n) is 9.37. The van der Waals surface area contributed by atoms with Crippen molar-refractivity contribution in [3.63, 3.8) is 0 Å². The van der Waals surface area contributed by atoms with Gasteiger partial charge in [0.25, 0.3) is 5.91 Å². The van der Waals surface area contributed by atoms with Crippen LogP contribution in [-0.4, -0.2) is 38.9 Å². The molecule has 150 valence electrons. The highest BCUT2D eigenvalue weighted by Crippen LogP contribution is 2.24. The summed E-state index contributed by atoms with van der Waals surface area (Å²) in [5.41, 5.74) is 2.20. The molecule has 1 atom stereocenters. The number of rotatable bonds is 5. The topological polar surface area (TPSA) is 89.7 Å². The number of likely N-dealkylation sites (tertiary alicyclic amines) is 1. The van der Waals surface area contributed by atoms with E-state index in [9.17, 15) is 13.2 Å². The van der Waals surface area contributed by atoms with E-state index in [2.05, 4.69) is 0 Å². The molecule has 0 spiro atoms. The van der Waals surface area contributed by atoms with Crippen molar-refractivity contribution in [2.24, 2.45) is 11.1 Å². The molecule has 2 aromatic rings. The molecule has 2 aromatic carbocycles. The Morgan fingerprint density at radius 1 is 1.18 bits per heavy atom. The van der Waals surface area contributed by atoms with Crippen LogP contribution in [0.3, 0.4) is 0 Å². The highest BCUT2D eigenvalue weighted by molar-refractivity contribution is 7.89. The van der Waals surface area contributed by atoms with Crippen molar-refractivity contribution in [1.82, 2.24) is 4.90 Å². The zero-order valence-electron chi connectivity index (χ0n) is 16.2. The molecule has 1 saturated heterocycles. The third-order valence-electron chi connectivity index (χ3n) is 5.14. The minimum atomic E-state index is -3.85. The molecule has 1 aliphatic rings. The zero-order chi connectivity index (χ0) is 20.3. The molecule has 1 aliphatic heterocycles. The van der Waals surface area contributed by atoms with Crippen LogP contribution in [0.1, 0.15) is 34.3 Å². The highest BCUT2D eigenvalue weighted by Gasteiger charge is 2.26. The first-order valence-corrected chi connectivity index (χ1v) is 10.9. The summed E-state index contributed by atoms with van der Waals surface area (Å²) >= 11 is 0. The van der Waals surface area contributed by atoms with Crippen LogP contribution in [0.2, 0.25) is 0 Å². The van der Waals surface area contributed by atoms with Gasteiger partial charge in [-0.05, 0) is 56.0 Å². The molecule has 0 radical (unpaired) electrons. The molecule has 1 heterocycles. The Balaban J connectivity index is 1.70. The fraction of sp³-hybridized carbons (Fsp3) is 0.381. The monoisotopic (exact) mass is 402 g/mol. The van der Waals surface area contributed by atoms with Crippen molar-refractivity contribution in [2.45, 2.75) is 31.6 Å². The van der Waals surface area contributed by atoms with Gasteiger partial charge in [0.2, 0.25) is 10.0 Å². The van der Waals surface area contributed by atoms with Gasteiger partial charge in [-0.2, -0.15) is 0 Å². The van der Waals surface area contributed by atoms with Crippen LogP contribution in [0, 0.1) is 19.8 Å². The second-order valence-corrected chi connectivity index (χ2v) is 8.92. The number of carbonyl (C=O) groups is 1. The summed E-state index contributed by atoms with van der Waals surface area (Å²) in [7, 11) is -3.85. The lowest BCUT2D eigenvalue weighted by Gasteiger charge is -2.33. The maximum Gasteiger partial charge on any atom is 0.254 e. The summed E-state index contributed by atoms with van der Waals surface area (Å²) < 4.78 is 29.2. The lowest BCUT2D eigenvalue weighted by molar-refractivity contribution is 0.0632. The second-order valence-electron chi connectivity index (χ2n) is 7.36. The number of nitrogens with two attached hydrogens (primary N) is 1. The summed E-state index contributed by atoms with van der Waals surface area (Å²) in [6.07, 6.45) is 1.88. The van der Waals surface area contributed by atoms with Crippen molar-refractivity contribution >= 4 is 15.9 Å². The smallest absolute Gasteiger partial charge is 0.254 e.